The van der Waals surface area contributed by atoms with Crippen molar-refractivity contribution in [1.82, 2.24) is 0 Å². The van der Waals surface area contributed by atoms with Crippen LogP contribution in [-0.2, 0) is 4.79 Å². The first-order valence-electron chi connectivity index (χ1n) is 4.46. The number of carbonyl (C=O) groups excluding carboxylic acids is 1. The highest BCUT2D eigenvalue weighted by Crippen LogP contribution is 2.28. The highest BCUT2D eigenvalue weighted by Gasteiger charge is 2.21. The first-order valence-corrected chi connectivity index (χ1v) is 4.46. The van der Waals surface area contributed by atoms with Crippen molar-refractivity contribution in [3.05, 3.63) is 24.3 Å². The summed E-state index contributed by atoms with van der Waals surface area (Å²) in [6, 6.07) is 8.34. The zero-order chi connectivity index (χ0) is 9.10. The van der Waals surface area contributed by atoms with Gasteiger partial charge in [-0.25, -0.2) is 0 Å². The molecule has 1 fully saturated rings. The van der Waals surface area contributed by atoms with Crippen molar-refractivity contribution in [2.24, 2.45) is 0 Å². The minimum absolute atomic E-state index is 0.606. The number of para-hydroxylation sites is 2. The quantitative estimate of drug-likeness (QED) is 0.687. The molecule has 0 aromatic heterocycles. The predicted molar refractivity (Wildman–Crippen MR) is 52.8 cm³/mol. The molecule has 3 heteroatoms. The lowest BCUT2D eigenvalue weighted by Gasteiger charge is -2.09. The number of hydrogen-bond donors (Lipinski definition) is 2. The van der Waals surface area contributed by atoms with E-state index in [0.717, 1.165) is 11.4 Å². The zero-order valence-electron chi connectivity index (χ0n) is 7.29. The number of carbonyl (C=O) groups is 1. The standard InChI is InChI=1S/C10H12N2O/c13-7-11-9-3-1-2-4-10(9)12-8-5-6-8/h1-4,7-8,12H,5-6H2,(H,11,13). The molecule has 13 heavy (non-hydrogen) atoms. The van der Waals surface area contributed by atoms with E-state index >= 15 is 0 Å². The van der Waals surface area contributed by atoms with E-state index in [0.29, 0.717) is 12.5 Å². The molecule has 1 saturated carbocycles. The Kier molecular flexibility index (Phi) is 2.17. The van der Waals surface area contributed by atoms with E-state index in [9.17, 15) is 4.79 Å². The van der Waals surface area contributed by atoms with Crippen LogP contribution in [0.15, 0.2) is 24.3 Å². The maximum atomic E-state index is 10.3. The number of nitrogens with one attached hydrogen (secondary N) is 2. The van der Waals surface area contributed by atoms with Crippen molar-refractivity contribution in [2.45, 2.75) is 18.9 Å². The Morgan fingerprint density at radius 2 is 1.92 bits per heavy atom. The van der Waals surface area contributed by atoms with Gasteiger partial charge in [-0.15, -0.1) is 0 Å². The molecule has 1 amide bonds. The number of benzene rings is 1. The van der Waals surface area contributed by atoms with Gasteiger partial charge < -0.3 is 10.6 Å². The average Bonchev–Trinajstić information content (AvgIpc) is 2.93. The van der Waals surface area contributed by atoms with Gasteiger partial charge in [-0.2, -0.15) is 0 Å². The third-order valence-electron chi connectivity index (χ3n) is 2.08. The van der Waals surface area contributed by atoms with Gasteiger partial charge in [0.25, 0.3) is 0 Å². The van der Waals surface area contributed by atoms with Gasteiger partial charge in [0.2, 0.25) is 6.41 Å². The van der Waals surface area contributed by atoms with Crippen molar-refractivity contribution >= 4 is 17.8 Å². The van der Waals surface area contributed by atoms with Gasteiger partial charge >= 0.3 is 0 Å². The van der Waals surface area contributed by atoms with Gasteiger partial charge in [0.1, 0.15) is 0 Å². The van der Waals surface area contributed by atoms with Crippen LogP contribution in [0, 0.1) is 0 Å². The van der Waals surface area contributed by atoms with E-state index in [1.807, 2.05) is 24.3 Å². The smallest absolute Gasteiger partial charge is 0.211 e. The molecule has 1 aliphatic rings. The van der Waals surface area contributed by atoms with Crippen LogP contribution in [0.1, 0.15) is 12.8 Å². The molecule has 1 aromatic rings. The first kappa shape index (κ1) is 8.10. The molecule has 0 spiro atoms. The molecule has 2 N–H and O–H groups in total. The molecule has 2 rings (SSSR count). The van der Waals surface area contributed by atoms with Crippen molar-refractivity contribution < 1.29 is 4.79 Å². The summed E-state index contributed by atoms with van der Waals surface area (Å²) >= 11 is 0. The Morgan fingerprint density at radius 1 is 1.23 bits per heavy atom. The van der Waals surface area contributed by atoms with Crippen molar-refractivity contribution in [3.8, 4) is 0 Å². The second-order valence-electron chi connectivity index (χ2n) is 3.23. The van der Waals surface area contributed by atoms with Gasteiger partial charge in [-0.1, -0.05) is 12.1 Å². The number of rotatable bonds is 4. The van der Waals surface area contributed by atoms with Crippen molar-refractivity contribution in [3.63, 3.8) is 0 Å². The topological polar surface area (TPSA) is 41.1 Å². The second kappa shape index (κ2) is 3.47. The molecule has 0 bridgehead atoms. The van der Waals surface area contributed by atoms with E-state index in [2.05, 4.69) is 10.6 Å². The predicted octanol–water partition coefficient (Wildman–Crippen LogP) is 1.83. The van der Waals surface area contributed by atoms with Crippen molar-refractivity contribution in [1.29, 1.82) is 0 Å². The minimum atomic E-state index is 0.606. The molecule has 0 unspecified atom stereocenters. The van der Waals surface area contributed by atoms with Crippen LogP contribution in [0.25, 0.3) is 0 Å². The molecule has 0 radical (unpaired) electrons. The van der Waals surface area contributed by atoms with E-state index in [4.69, 9.17) is 0 Å². The van der Waals surface area contributed by atoms with Gasteiger partial charge in [-0.3, -0.25) is 4.79 Å². The molecule has 1 aliphatic carbocycles. The summed E-state index contributed by atoms with van der Waals surface area (Å²) in [5, 5.41) is 6.01. The average molecular weight is 176 g/mol. The summed E-state index contributed by atoms with van der Waals surface area (Å²) in [6.45, 7) is 0. The fraction of sp³-hybridized carbons (Fsp3) is 0.300. The molecule has 0 saturated heterocycles. The molecule has 3 nitrogen and oxygen atoms in total. The third-order valence-corrected chi connectivity index (χ3v) is 2.08. The Balaban J connectivity index is 2.14. The summed E-state index contributed by atoms with van der Waals surface area (Å²) in [5.41, 5.74) is 1.86. The van der Waals surface area contributed by atoms with Gasteiger partial charge in [0.15, 0.2) is 0 Å². The van der Waals surface area contributed by atoms with E-state index in [-0.39, 0.29) is 0 Å². The van der Waals surface area contributed by atoms with E-state index in [1.54, 1.807) is 0 Å². The highest BCUT2D eigenvalue weighted by molar-refractivity contribution is 5.80. The summed E-state index contributed by atoms with van der Waals surface area (Å²) in [7, 11) is 0. The fourth-order valence-corrected chi connectivity index (χ4v) is 1.25. The molecular weight excluding hydrogens is 164 g/mol. The molecule has 0 atom stereocenters. The molecular formula is C10H12N2O. The van der Waals surface area contributed by atoms with Crippen molar-refractivity contribution in [2.75, 3.05) is 10.6 Å². The molecule has 68 valence electrons. The van der Waals surface area contributed by atoms with E-state index < -0.39 is 0 Å². The Labute approximate surface area is 77.1 Å². The van der Waals surface area contributed by atoms with Crippen LogP contribution >= 0.6 is 0 Å². The van der Waals surface area contributed by atoms with Crippen LogP contribution in [-0.4, -0.2) is 12.5 Å². The summed E-state index contributed by atoms with van der Waals surface area (Å²) < 4.78 is 0. The number of anilines is 2. The fourth-order valence-electron chi connectivity index (χ4n) is 1.25. The highest BCUT2D eigenvalue weighted by atomic mass is 16.1. The summed E-state index contributed by atoms with van der Waals surface area (Å²) in [4.78, 5) is 10.3. The van der Waals surface area contributed by atoms with Crippen LogP contribution in [0.5, 0.6) is 0 Å². The zero-order valence-corrected chi connectivity index (χ0v) is 7.29. The first-order chi connectivity index (χ1) is 6.40. The minimum Gasteiger partial charge on any atom is -0.381 e. The van der Waals surface area contributed by atoms with Crippen LogP contribution in [0.4, 0.5) is 11.4 Å². The maximum Gasteiger partial charge on any atom is 0.211 e. The lowest BCUT2D eigenvalue weighted by Crippen LogP contribution is -2.04. The van der Waals surface area contributed by atoms with E-state index in [1.165, 1.54) is 12.8 Å². The largest absolute Gasteiger partial charge is 0.381 e. The Bertz CT molecular complexity index is 308. The lowest BCUT2D eigenvalue weighted by atomic mass is 10.2. The normalized spacial score (nSPS) is 15.1. The summed E-state index contributed by atoms with van der Waals surface area (Å²) in [6.07, 6.45) is 3.16. The monoisotopic (exact) mass is 176 g/mol. The molecule has 0 heterocycles. The summed E-state index contributed by atoms with van der Waals surface area (Å²) in [5.74, 6) is 0. The van der Waals surface area contributed by atoms with Gasteiger partial charge in [0.05, 0.1) is 11.4 Å². The van der Waals surface area contributed by atoms with Gasteiger partial charge in [-0.05, 0) is 25.0 Å². The van der Waals surface area contributed by atoms with Crippen LogP contribution < -0.4 is 10.6 Å². The second-order valence-corrected chi connectivity index (χ2v) is 3.23. The molecule has 1 aromatic carbocycles. The molecule has 0 aliphatic heterocycles. The number of hydrogen-bond acceptors (Lipinski definition) is 2. The lowest BCUT2D eigenvalue weighted by molar-refractivity contribution is -0.105. The van der Waals surface area contributed by atoms with Gasteiger partial charge in [0, 0.05) is 6.04 Å². The Morgan fingerprint density at radius 3 is 2.54 bits per heavy atom. The maximum absolute atomic E-state index is 10.3. The number of amides is 1. The Hall–Kier alpha value is -1.51. The van der Waals surface area contributed by atoms with Crippen LogP contribution in [0.2, 0.25) is 0 Å². The SMILES string of the molecule is O=CNc1ccccc1NC1CC1. The van der Waals surface area contributed by atoms with Crippen LogP contribution in [0.3, 0.4) is 0 Å². The third kappa shape index (κ3) is 1.99.